The lowest BCUT2D eigenvalue weighted by atomic mass is 10.1. The standard InChI is InChI=1S/C25H26N6O2.C24H20N6O2/c1-30(2)19-7-3-17(4-8-19)21-15-22-23(25(32)27-16-26-22)24(29-21)28-18-5-9-20(10-6-18)31-11-13-33-14-12-31;25-14-16-2-1-3-17(12-16)20-13-21-22(24(31)27-15-26-21)23(29-20)28-18-4-6-19(7-5-18)30-8-10-32-11-9-30/h3-10,15-16H,11-14H2,1-2H3,(H,28,29)(H,26,27,32);1-7,12-13,15H,8-11H2,(H,28,29)(H,26,27,31). The van der Waals surface area contributed by atoms with Crippen molar-refractivity contribution in [2.45, 2.75) is 0 Å². The number of H-pyrrole nitrogens is 2. The first-order valence-corrected chi connectivity index (χ1v) is 21.2. The molecule has 0 spiro atoms. The molecule has 4 aromatic heterocycles. The normalized spacial score (nSPS) is 13.7. The molecule has 0 aliphatic carbocycles. The average Bonchev–Trinajstić information content (AvgIpc) is 3.35. The van der Waals surface area contributed by atoms with Crippen LogP contribution in [0.1, 0.15) is 5.56 Å². The van der Waals surface area contributed by atoms with Crippen molar-refractivity contribution in [3.05, 3.63) is 148 Å². The monoisotopic (exact) mass is 866 g/mol. The first kappa shape index (κ1) is 42.2. The number of hydrogen-bond donors (Lipinski definition) is 4. The Labute approximate surface area is 374 Å². The minimum Gasteiger partial charge on any atom is -0.378 e. The Balaban J connectivity index is 0.000000164. The number of nitrogens with one attached hydrogen (secondary N) is 4. The van der Waals surface area contributed by atoms with E-state index in [0.717, 1.165) is 97.9 Å². The summed E-state index contributed by atoms with van der Waals surface area (Å²) >= 11 is 0. The smallest absolute Gasteiger partial charge is 0.262 e. The SMILES string of the molecule is CN(C)c1ccc(-c2cc3nc[nH]c(=O)c3c(Nc3ccc(N4CCOCC4)cc3)n2)cc1.N#Cc1cccc(-c2cc3nc[nH]c(=O)c3c(Nc3ccc(N4CCOCC4)cc3)n2)c1. The molecule has 16 heteroatoms. The zero-order valence-corrected chi connectivity index (χ0v) is 35.9. The van der Waals surface area contributed by atoms with Gasteiger partial charge in [0.05, 0.1) is 73.1 Å². The molecule has 0 radical (unpaired) electrons. The van der Waals surface area contributed by atoms with Crippen molar-refractivity contribution in [3.63, 3.8) is 0 Å². The van der Waals surface area contributed by atoms with E-state index in [1.54, 1.807) is 18.2 Å². The molecule has 65 heavy (non-hydrogen) atoms. The molecule has 0 bridgehead atoms. The van der Waals surface area contributed by atoms with E-state index in [0.29, 0.717) is 44.7 Å². The molecule has 0 amide bonds. The first-order valence-electron chi connectivity index (χ1n) is 21.2. The van der Waals surface area contributed by atoms with Gasteiger partial charge < -0.3 is 44.8 Å². The van der Waals surface area contributed by atoms with Gasteiger partial charge in [-0.2, -0.15) is 5.26 Å². The van der Waals surface area contributed by atoms with Crippen LogP contribution in [0.4, 0.5) is 40.1 Å². The summed E-state index contributed by atoms with van der Waals surface area (Å²) < 4.78 is 10.9. The number of rotatable bonds is 9. The molecule has 2 fully saturated rings. The number of anilines is 7. The number of nitrogens with zero attached hydrogens (tertiary/aromatic N) is 8. The molecule has 2 saturated heterocycles. The Morgan fingerprint density at radius 2 is 1.09 bits per heavy atom. The van der Waals surface area contributed by atoms with Gasteiger partial charge in [0.1, 0.15) is 22.4 Å². The molecular formula is C49H46N12O4. The summed E-state index contributed by atoms with van der Waals surface area (Å²) in [5.41, 5.74) is 9.29. The largest absolute Gasteiger partial charge is 0.378 e. The summed E-state index contributed by atoms with van der Waals surface area (Å²) in [6.07, 6.45) is 2.80. The predicted molar refractivity (Wildman–Crippen MR) is 256 cm³/mol. The van der Waals surface area contributed by atoms with E-state index in [4.69, 9.17) is 19.4 Å². The van der Waals surface area contributed by atoms with Crippen molar-refractivity contribution in [2.24, 2.45) is 0 Å². The van der Waals surface area contributed by atoms with Crippen molar-refractivity contribution < 1.29 is 9.47 Å². The van der Waals surface area contributed by atoms with Crippen molar-refractivity contribution in [1.82, 2.24) is 29.9 Å². The van der Waals surface area contributed by atoms with Crippen LogP contribution >= 0.6 is 0 Å². The number of hydrogen-bond acceptors (Lipinski definition) is 14. The fraction of sp³-hybridized carbons (Fsp3) is 0.204. The second-order valence-electron chi connectivity index (χ2n) is 15.6. The minimum absolute atomic E-state index is 0.227. The Bertz CT molecular complexity index is 3100. The van der Waals surface area contributed by atoms with Gasteiger partial charge in [0.15, 0.2) is 0 Å². The zero-order chi connectivity index (χ0) is 44.7. The van der Waals surface area contributed by atoms with Crippen molar-refractivity contribution in [2.75, 3.05) is 92.0 Å². The third-order valence-electron chi connectivity index (χ3n) is 11.2. The average molecular weight is 867 g/mol. The number of ether oxygens (including phenoxy) is 2. The molecule has 10 rings (SSSR count). The molecule has 16 nitrogen and oxygen atoms in total. The van der Waals surface area contributed by atoms with E-state index in [-0.39, 0.29) is 11.1 Å². The van der Waals surface area contributed by atoms with Crippen LogP contribution in [0.25, 0.3) is 44.3 Å². The molecule has 0 saturated carbocycles. The van der Waals surface area contributed by atoms with Crippen molar-refractivity contribution in [1.29, 1.82) is 5.26 Å². The molecule has 0 atom stereocenters. The number of aromatic amines is 2. The van der Waals surface area contributed by atoms with Crippen LogP contribution < -0.4 is 36.5 Å². The summed E-state index contributed by atoms with van der Waals surface area (Å²) in [6.45, 7) is 6.44. The molecule has 326 valence electrons. The molecule has 2 aliphatic heterocycles. The third kappa shape index (κ3) is 9.61. The predicted octanol–water partition coefficient (Wildman–Crippen LogP) is 7.07. The van der Waals surface area contributed by atoms with Gasteiger partial charge in [0.2, 0.25) is 0 Å². The lowest BCUT2D eigenvalue weighted by molar-refractivity contribution is 0.122. The second-order valence-corrected chi connectivity index (χ2v) is 15.6. The number of benzene rings is 4. The van der Waals surface area contributed by atoms with E-state index < -0.39 is 0 Å². The van der Waals surface area contributed by atoms with Crippen molar-refractivity contribution in [3.8, 4) is 28.6 Å². The lowest BCUT2D eigenvalue weighted by Crippen LogP contribution is -2.36. The Morgan fingerprint density at radius 1 is 0.615 bits per heavy atom. The highest BCUT2D eigenvalue weighted by atomic mass is 16.5. The highest BCUT2D eigenvalue weighted by Crippen LogP contribution is 2.31. The fourth-order valence-electron chi connectivity index (χ4n) is 7.76. The summed E-state index contributed by atoms with van der Waals surface area (Å²) in [6, 6.07) is 37.2. The number of nitriles is 1. The molecule has 8 aromatic rings. The first-order chi connectivity index (χ1) is 31.8. The van der Waals surface area contributed by atoms with E-state index in [1.165, 1.54) is 12.7 Å². The molecule has 4 N–H and O–H groups in total. The minimum atomic E-state index is -0.271. The van der Waals surface area contributed by atoms with Crippen molar-refractivity contribution >= 4 is 61.9 Å². The lowest BCUT2D eigenvalue weighted by Gasteiger charge is -2.28. The Morgan fingerprint density at radius 3 is 1.55 bits per heavy atom. The number of morpholine rings is 2. The van der Waals surface area contributed by atoms with Crippen LogP contribution in [-0.4, -0.2) is 96.6 Å². The zero-order valence-electron chi connectivity index (χ0n) is 35.9. The van der Waals surface area contributed by atoms with E-state index in [9.17, 15) is 14.9 Å². The van der Waals surface area contributed by atoms with Crippen LogP contribution in [0, 0.1) is 11.3 Å². The van der Waals surface area contributed by atoms with Crippen LogP contribution in [0.5, 0.6) is 0 Å². The van der Waals surface area contributed by atoms with Gasteiger partial charge in [-0.25, -0.2) is 19.9 Å². The van der Waals surface area contributed by atoms with E-state index in [1.807, 2.05) is 97.9 Å². The number of fused-ring (bicyclic) bond motifs is 2. The van der Waals surface area contributed by atoms with E-state index >= 15 is 0 Å². The number of pyridine rings is 2. The maximum atomic E-state index is 12.6. The molecule has 4 aromatic carbocycles. The Kier molecular flexibility index (Phi) is 12.4. The summed E-state index contributed by atoms with van der Waals surface area (Å²) in [4.78, 5) is 55.3. The molecule has 2 aliphatic rings. The number of aromatic nitrogens is 6. The molecular weight excluding hydrogens is 821 g/mol. The topological polar surface area (TPSA) is 193 Å². The fourth-order valence-corrected chi connectivity index (χ4v) is 7.76. The maximum absolute atomic E-state index is 12.6. The van der Waals surface area contributed by atoms with Gasteiger partial charge in [-0.05, 0) is 84.9 Å². The third-order valence-corrected chi connectivity index (χ3v) is 11.2. The van der Waals surface area contributed by atoms with E-state index in [2.05, 4.69) is 58.6 Å². The van der Waals surface area contributed by atoms with Gasteiger partial charge in [0.25, 0.3) is 11.1 Å². The van der Waals surface area contributed by atoms with Crippen LogP contribution in [-0.2, 0) is 9.47 Å². The summed E-state index contributed by atoms with van der Waals surface area (Å²) in [5.74, 6) is 0.890. The Hall–Kier alpha value is -8.13. The maximum Gasteiger partial charge on any atom is 0.262 e. The quantitative estimate of drug-likeness (QED) is 0.115. The van der Waals surface area contributed by atoms with Gasteiger partial charge in [-0.1, -0.05) is 24.3 Å². The highest BCUT2D eigenvalue weighted by molar-refractivity contribution is 5.94. The van der Waals surface area contributed by atoms with Gasteiger partial charge >= 0.3 is 0 Å². The van der Waals surface area contributed by atoms with Gasteiger partial charge in [-0.3, -0.25) is 9.59 Å². The molecule has 6 heterocycles. The molecule has 0 unspecified atom stereocenters. The summed E-state index contributed by atoms with van der Waals surface area (Å²) in [7, 11) is 4.01. The van der Waals surface area contributed by atoms with Crippen LogP contribution in [0.2, 0.25) is 0 Å². The highest BCUT2D eigenvalue weighted by Gasteiger charge is 2.17. The van der Waals surface area contributed by atoms with Crippen LogP contribution in [0.3, 0.4) is 0 Å². The second kappa shape index (κ2) is 19.1. The summed E-state index contributed by atoms with van der Waals surface area (Å²) in [5, 5.41) is 16.7. The van der Waals surface area contributed by atoms with Crippen LogP contribution in [0.15, 0.2) is 131 Å². The van der Waals surface area contributed by atoms with Gasteiger partial charge in [0, 0.05) is 79.8 Å². The van der Waals surface area contributed by atoms with Gasteiger partial charge in [-0.15, -0.1) is 0 Å².